The Morgan fingerprint density at radius 1 is 1.18 bits per heavy atom. The van der Waals surface area contributed by atoms with E-state index in [1.54, 1.807) is 6.20 Å². The molecular weight excluding hydrogens is 355 g/mol. The molecule has 28 heavy (non-hydrogen) atoms. The van der Waals surface area contributed by atoms with Crippen LogP contribution in [0.4, 0.5) is 10.3 Å². The van der Waals surface area contributed by atoms with Crippen LogP contribution in [0.2, 0.25) is 0 Å². The summed E-state index contributed by atoms with van der Waals surface area (Å²) >= 11 is 0. The lowest BCUT2D eigenvalue weighted by Gasteiger charge is -2.39. The molecule has 2 aliphatic rings. The summed E-state index contributed by atoms with van der Waals surface area (Å²) in [4.78, 5) is 15.0. The molecule has 0 bridgehead atoms. The van der Waals surface area contributed by atoms with Gasteiger partial charge in [-0.3, -0.25) is 9.99 Å². The van der Waals surface area contributed by atoms with E-state index in [-0.39, 0.29) is 17.9 Å². The molecule has 2 atom stereocenters. The molecule has 2 aromatic heterocycles. The first-order valence-electron chi connectivity index (χ1n) is 9.56. The van der Waals surface area contributed by atoms with E-state index in [1.807, 2.05) is 30.5 Å². The fourth-order valence-corrected chi connectivity index (χ4v) is 3.99. The van der Waals surface area contributed by atoms with Crippen molar-refractivity contribution in [1.29, 1.82) is 0 Å². The molecule has 2 aliphatic heterocycles. The number of nitrogens with zero attached hydrogens (tertiary/aromatic N) is 6. The molecule has 7 heteroatoms. The fourth-order valence-electron chi connectivity index (χ4n) is 3.99. The first kappa shape index (κ1) is 18.4. The van der Waals surface area contributed by atoms with Gasteiger partial charge in [-0.1, -0.05) is 5.92 Å². The number of halogens is 1. The zero-order chi connectivity index (χ0) is 19.5. The van der Waals surface area contributed by atoms with Gasteiger partial charge in [0.15, 0.2) is 0 Å². The van der Waals surface area contributed by atoms with Gasteiger partial charge in [0.2, 0.25) is 5.95 Å². The highest BCUT2D eigenvalue weighted by Crippen LogP contribution is 2.35. The van der Waals surface area contributed by atoms with Crippen LogP contribution in [0.5, 0.6) is 0 Å². The van der Waals surface area contributed by atoms with E-state index in [1.165, 1.54) is 12.3 Å². The maximum Gasteiger partial charge on any atom is 0.225 e. The molecule has 0 radical (unpaired) electrons. The normalized spacial score (nSPS) is 21.0. The van der Waals surface area contributed by atoms with Crippen molar-refractivity contribution in [2.45, 2.75) is 38.3 Å². The van der Waals surface area contributed by atoms with Crippen molar-refractivity contribution < 1.29 is 4.39 Å². The molecule has 4 heterocycles. The van der Waals surface area contributed by atoms with E-state index in [0.717, 1.165) is 43.0 Å². The predicted molar refractivity (Wildman–Crippen MR) is 106 cm³/mol. The van der Waals surface area contributed by atoms with Crippen molar-refractivity contribution in [2.75, 3.05) is 18.0 Å². The molecule has 0 saturated carbocycles. The molecule has 0 N–H and O–H groups in total. The van der Waals surface area contributed by atoms with E-state index in [0.29, 0.717) is 12.3 Å². The van der Waals surface area contributed by atoms with Gasteiger partial charge in [0.1, 0.15) is 11.9 Å². The van der Waals surface area contributed by atoms with Crippen molar-refractivity contribution in [2.24, 2.45) is 11.0 Å². The Bertz CT molecular complexity index is 883. The van der Waals surface area contributed by atoms with Gasteiger partial charge in [-0.2, -0.15) is 5.10 Å². The van der Waals surface area contributed by atoms with Crippen LogP contribution in [0.25, 0.3) is 0 Å². The summed E-state index contributed by atoms with van der Waals surface area (Å²) in [6.45, 7) is 3.69. The van der Waals surface area contributed by atoms with Gasteiger partial charge < -0.3 is 4.90 Å². The van der Waals surface area contributed by atoms with E-state index >= 15 is 0 Å². The lowest BCUT2D eigenvalue weighted by atomic mass is 9.88. The van der Waals surface area contributed by atoms with Crippen LogP contribution in [-0.2, 0) is 0 Å². The van der Waals surface area contributed by atoms with Crippen molar-refractivity contribution >= 4 is 12.2 Å². The van der Waals surface area contributed by atoms with E-state index in [4.69, 9.17) is 6.42 Å². The van der Waals surface area contributed by atoms with Gasteiger partial charge in [-0.25, -0.2) is 14.4 Å². The van der Waals surface area contributed by atoms with Crippen LogP contribution in [0, 0.1) is 31.0 Å². The highest BCUT2D eigenvalue weighted by molar-refractivity contribution is 5.61. The molecule has 0 aromatic carbocycles. The van der Waals surface area contributed by atoms with Crippen LogP contribution in [0.3, 0.4) is 0 Å². The van der Waals surface area contributed by atoms with E-state index in [2.05, 4.69) is 30.9 Å². The first-order valence-corrected chi connectivity index (χ1v) is 9.56. The molecule has 2 unspecified atom stereocenters. The summed E-state index contributed by atoms with van der Waals surface area (Å²) in [6, 6.07) is 1.32. The highest BCUT2D eigenvalue weighted by Gasteiger charge is 2.35. The molecule has 4 rings (SSSR count). The summed E-state index contributed by atoms with van der Waals surface area (Å²) < 4.78 is 13.6. The predicted octanol–water partition coefficient (Wildman–Crippen LogP) is 2.97. The van der Waals surface area contributed by atoms with Crippen LogP contribution >= 0.6 is 0 Å². The fraction of sp³-hybridized carbons (Fsp3) is 0.429. The van der Waals surface area contributed by atoms with Gasteiger partial charge in [-0.05, 0) is 42.9 Å². The molecule has 144 valence electrons. The topological polar surface area (TPSA) is 57.5 Å². The van der Waals surface area contributed by atoms with E-state index in [9.17, 15) is 4.39 Å². The number of aryl methyl sites for hydroxylation is 1. The van der Waals surface area contributed by atoms with Crippen molar-refractivity contribution in [3.63, 3.8) is 0 Å². The second-order valence-electron chi connectivity index (χ2n) is 7.36. The average Bonchev–Trinajstić information content (AvgIpc) is 3.19. The van der Waals surface area contributed by atoms with Crippen LogP contribution in [0.15, 0.2) is 36.0 Å². The maximum atomic E-state index is 13.6. The largest absolute Gasteiger partial charge is 0.341 e. The Hall–Kier alpha value is -3.01. The van der Waals surface area contributed by atoms with Crippen LogP contribution in [0.1, 0.15) is 36.4 Å². The molecule has 1 saturated heterocycles. The van der Waals surface area contributed by atoms with Crippen molar-refractivity contribution in [3.8, 4) is 12.3 Å². The third-order valence-electron chi connectivity index (χ3n) is 5.47. The molecule has 0 aliphatic carbocycles. The Labute approximate surface area is 164 Å². The third kappa shape index (κ3) is 3.68. The standard InChI is InChI=1S/C21H23FN6/c1-3-19(28-20(4-7-26-28)17-10-18(22)14-23-13-17)16-5-8-27(9-6-16)21-24-11-15(2)12-25-21/h1,7,10-14,16,19-20H,4-6,8-9H2,2H3. The number of piperidine rings is 1. The molecule has 2 aromatic rings. The molecule has 6 nitrogen and oxygen atoms in total. The van der Waals surface area contributed by atoms with Crippen molar-refractivity contribution in [1.82, 2.24) is 20.0 Å². The third-order valence-corrected chi connectivity index (χ3v) is 5.47. The van der Waals surface area contributed by atoms with E-state index < -0.39 is 0 Å². The van der Waals surface area contributed by atoms with Crippen LogP contribution in [-0.4, -0.2) is 45.3 Å². The van der Waals surface area contributed by atoms with Crippen molar-refractivity contribution in [3.05, 3.63) is 47.8 Å². The Balaban J connectivity index is 1.45. The SMILES string of the molecule is C#CC(C1CCN(c2ncc(C)cn2)CC1)N1N=CCC1c1cncc(F)c1. The lowest BCUT2D eigenvalue weighted by Crippen LogP contribution is -2.43. The summed E-state index contributed by atoms with van der Waals surface area (Å²) in [6.07, 6.45) is 17.0. The average molecular weight is 378 g/mol. The minimum absolute atomic E-state index is 0.0669. The summed E-state index contributed by atoms with van der Waals surface area (Å²) in [5.41, 5.74) is 1.86. The second-order valence-corrected chi connectivity index (χ2v) is 7.36. The lowest BCUT2D eigenvalue weighted by molar-refractivity contribution is 0.135. The van der Waals surface area contributed by atoms with Gasteiger partial charge in [-0.15, -0.1) is 6.42 Å². The molecule has 0 amide bonds. The summed E-state index contributed by atoms with van der Waals surface area (Å²) in [7, 11) is 0. The number of anilines is 1. The van der Waals surface area contributed by atoms with Gasteiger partial charge in [0.05, 0.1) is 12.2 Å². The number of terminal acetylenes is 1. The highest BCUT2D eigenvalue weighted by atomic mass is 19.1. The zero-order valence-electron chi connectivity index (χ0n) is 15.9. The number of hydrogen-bond donors (Lipinski definition) is 0. The minimum atomic E-state index is -0.340. The Morgan fingerprint density at radius 3 is 2.61 bits per heavy atom. The monoisotopic (exact) mass is 378 g/mol. The number of hydrazone groups is 1. The Kier molecular flexibility index (Phi) is 5.20. The molecule has 0 spiro atoms. The quantitative estimate of drug-likeness (QED) is 0.766. The Morgan fingerprint density at radius 2 is 1.93 bits per heavy atom. The molecular formula is C21H23FN6. The molecule has 1 fully saturated rings. The summed E-state index contributed by atoms with van der Waals surface area (Å²) in [5, 5.41) is 6.49. The number of aromatic nitrogens is 3. The number of hydrogen-bond acceptors (Lipinski definition) is 6. The van der Waals surface area contributed by atoms with Crippen LogP contribution < -0.4 is 4.90 Å². The summed E-state index contributed by atoms with van der Waals surface area (Å²) in [5.74, 6) is 3.68. The number of pyridine rings is 1. The smallest absolute Gasteiger partial charge is 0.225 e. The van der Waals surface area contributed by atoms with Gasteiger partial charge in [0, 0.05) is 44.3 Å². The number of rotatable bonds is 4. The second kappa shape index (κ2) is 7.93. The first-order chi connectivity index (χ1) is 13.7. The zero-order valence-corrected chi connectivity index (χ0v) is 15.9. The van der Waals surface area contributed by atoms with Gasteiger partial charge >= 0.3 is 0 Å². The minimum Gasteiger partial charge on any atom is -0.341 e. The maximum absolute atomic E-state index is 13.6. The van der Waals surface area contributed by atoms with Gasteiger partial charge in [0.25, 0.3) is 0 Å².